The molecule has 0 bridgehead atoms. The van der Waals surface area contributed by atoms with Crippen LogP contribution in [0.3, 0.4) is 0 Å². The first-order chi connectivity index (χ1) is 7.13. The molecule has 0 aromatic heterocycles. The van der Waals surface area contributed by atoms with Crippen LogP contribution in [0, 0.1) is 15.4 Å². The molecule has 0 heterocycles. The van der Waals surface area contributed by atoms with Gasteiger partial charge in [0.05, 0.1) is 12.3 Å². The van der Waals surface area contributed by atoms with Gasteiger partial charge in [0.2, 0.25) is 0 Å². The van der Waals surface area contributed by atoms with Crippen molar-refractivity contribution in [2.24, 2.45) is 0 Å². The van der Waals surface area contributed by atoms with E-state index in [1.165, 1.54) is 0 Å². The molecule has 0 aliphatic rings. The maximum Gasteiger partial charge on any atom is 0.304 e. The number of carboxylic acid groups (broad SMARTS) is 1. The Morgan fingerprint density at radius 2 is 2.07 bits per heavy atom. The minimum Gasteiger partial charge on any atom is -0.481 e. The third-order valence-electron chi connectivity index (χ3n) is 1.97. The van der Waals surface area contributed by atoms with Crippen molar-refractivity contribution in [3.05, 3.63) is 33.4 Å². The fourth-order valence-corrected chi connectivity index (χ4v) is 1.66. The molecule has 0 aliphatic carbocycles. The van der Waals surface area contributed by atoms with E-state index in [1.54, 1.807) is 6.92 Å². The maximum absolute atomic E-state index is 10.7. The Hall–Kier alpha value is -1.02. The van der Waals surface area contributed by atoms with Crippen LogP contribution in [0.4, 0.5) is 0 Å². The van der Waals surface area contributed by atoms with Crippen molar-refractivity contribution >= 4 is 28.6 Å². The normalized spacial score (nSPS) is 11.3. The summed E-state index contributed by atoms with van der Waals surface area (Å²) in [6.07, 6.45) is 0.0570. The van der Waals surface area contributed by atoms with Gasteiger partial charge in [0.1, 0.15) is 0 Å². The van der Waals surface area contributed by atoms with E-state index in [1.807, 2.05) is 24.3 Å². The minimum absolute atomic E-state index is 0.0570. The molecule has 1 rings (SSSR count). The van der Waals surface area contributed by atoms with Gasteiger partial charge in [-0.25, -0.2) is 0 Å². The Morgan fingerprint density at radius 1 is 1.47 bits per heavy atom. The molecule has 15 heavy (non-hydrogen) atoms. The molecule has 1 aromatic rings. The van der Waals surface area contributed by atoms with E-state index >= 15 is 0 Å². The van der Waals surface area contributed by atoms with Crippen LogP contribution in [-0.2, 0) is 4.79 Å². The number of hydrogen-bond acceptors (Lipinski definition) is 1. The summed E-state index contributed by atoms with van der Waals surface area (Å²) in [5.74, 6) is 4.67. The van der Waals surface area contributed by atoms with Crippen molar-refractivity contribution in [1.29, 1.82) is 0 Å². The fourth-order valence-electron chi connectivity index (χ4n) is 1.30. The summed E-state index contributed by atoms with van der Waals surface area (Å²) in [6.45, 7) is 1.72. The zero-order chi connectivity index (χ0) is 11.3. The van der Waals surface area contributed by atoms with E-state index in [0.29, 0.717) is 0 Å². The van der Waals surface area contributed by atoms with E-state index < -0.39 is 5.97 Å². The Labute approximate surface area is 103 Å². The fraction of sp³-hybridized carbons (Fsp3) is 0.250. The highest BCUT2D eigenvalue weighted by atomic mass is 127. The Morgan fingerprint density at radius 3 is 2.53 bits per heavy atom. The lowest BCUT2D eigenvalue weighted by Gasteiger charge is -2.08. The molecular weight excluding hydrogens is 303 g/mol. The lowest BCUT2D eigenvalue weighted by molar-refractivity contribution is -0.137. The third kappa shape index (κ3) is 3.92. The van der Waals surface area contributed by atoms with Gasteiger partial charge in [-0.15, -0.1) is 5.92 Å². The number of benzene rings is 1. The number of carboxylic acids is 1. The number of rotatable bonds is 3. The Balaban J connectivity index is 2.92. The van der Waals surface area contributed by atoms with Gasteiger partial charge in [0, 0.05) is 3.57 Å². The first-order valence-electron chi connectivity index (χ1n) is 4.53. The predicted octanol–water partition coefficient (Wildman–Crippen LogP) is 2.87. The highest BCUT2D eigenvalue weighted by Gasteiger charge is 2.12. The van der Waals surface area contributed by atoms with Gasteiger partial charge in [-0.2, -0.15) is 0 Å². The lowest BCUT2D eigenvalue weighted by atomic mass is 9.96. The third-order valence-corrected chi connectivity index (χ3v) is 2.69. The number of halogens is 1. The number of aliphatic carboxylic acids is 1. The summed E-state index contributed by atoms with van der Waals surface area (Å²) in [7, 11) is 0. The van der Waals surface area contributed by atoms with E-state index in [2.05, 4.69) is 34.4 Å². The van der Waals surface area contributed by atoms with Gasteiger partial charge in [0.15, 0.2) is 0 Å². The summed E-state index contributed by atoms with van der Waals surface area (Å²) >= 11 is 2.21. The maximum atomic E-state index is 10.7. The van der Waals surface area contributed by atoms with Crippen molar-refractivity contribution in [1.82, 2.24) is 0 Å². The van der Waals surface area contributed by atoms with Crippen molar-refractivity contribution in [2.45, 2.75) is 19.3 Å². The van der Waals surface area contributed by atoms with Gasteiger partial charge in [0.25, 0.3) is 0 Å². The van der Waals surface area contributed by atoms with Crippen LogP contribution >= 0.6 is 22.6 Å². The highest BCUT2D eigenvalue weighted by molar-refractivity contribution is 14.1. The topological polar surface area (TPSA) is 37.3 Å². The van der Waals surface area contributed by atoms with Crippen molar-refractivity contribution in [3.8, 4) is 11.8 Å². The second-order valence-corrected chi connectivity index (χ2v) is 4.34. The standard InChI is InChI=1S/C12H11IO2/c1-2-3-10(8-12(14)15)9-4-6-11(13)7-5-9/h4-7,10H,8H2,1H3,(H,14,15)/t10-/m0/s1. The molecule has 0 unspecified atom stereocenters. The molecule has 0 aliphatic heterocycles. The summed E-state index contributed by atoms with van der Waals surface area (Å²) < 4.78 is 1.13. The highest BCUT2D eigenvalue weighted by Crippen LogP contribution is 2.20. The zero-order valence-corrected chi connectivity index (χ0v) is 10.5. The second-order valence-electron chi connectivity index (χ2n) is 3.10. The largest absolute Gasteiger partial charge is 0.481 e. The molecule has 0 saturated carbocycles. The first-order valence-corrected chi connectivity index (χ1v) is 5.61. The van der Waals surface area contributed by atoms with Gasteiger partial charge in [-0.05, 0) is 47.2 Å². The monoisotopic (exact) mass is 314 g/mol. The molecule has 78 valence electrons. The minimum atomic E-state index is -0.818. The molecule has 0 spiro atoms. The molecule has 2 nitrogen and oxygen atoms in total. The average Bonchev–Trinajstić information content (AvgIpc) is 2.17. The summed E-state index contributed by atoms with van der Waals surface area (Å²) in [5, 5.41) is 8.76. The van der Waals surface area contributed by atoms with Crippen LogP contribution in [-0.4, -0.2) is 11.1 Å². The van der Waals surface area contributed by atoms with Gasteiger partial charge in [-0.3, -0.25) is 4.79 Å². The zero-order valence-electron chi connectivity index (χ0n) is 8.33. The van der Waals surface area contributed by atoms with Gasteiger partial charge in [-0.1, -0.05) is 18.1 Å². The number of hydrogen-bond donors (Lipinski definition) is 1. The second kappa shape index (κ2) is 5.76. The summed E-state index contributed by atoms with van der Waals surface area (Å²) in [6, 6.07) is 7.78. The molecule has 0 saturated heterocycles. The van der Waals surface area contributed by atoms with Crippen LogP contribution in [0.25, 0.3) is 0 Å². The summed E-state index contributed by atoms with van der Waals surface area (Å²) in [5.41, 5.74) is 0.965. The smallest absolute Gasteiger partial charge is 0.304 e. The molecule has 0 amide bonds. The predicted molar refractivity (Wildman–Crippen MR) is 67.6 cm³/mol. The van der Waals surface area contributed by atoms with Gasteiger partial charge >= 0.3 is 5.97 Å². The molecule has 1 aromatic carbocycles. The Bertz CT molecular complexity index is 398. The van der Waals surface area contributed by atoms with E-state index in [4.69, 9.17) is 5.11 Å². The average molecular weight is 314 g/mol. The van der Waals surface area contributed by atoms with Crippen LogP contribution in [0.15, 0.2) is 24.3 Å². The van der Waals surface area contributed by atoms with Crippen LogP contribution in [0.1, 0.15) is 24.8 Å². The van der Waals surface area contributed by atoms with E-state index in [-0.39, 0.29) is 12.3 Å². The quantitative estimate of drug-likeness (QED) is 0.688. The van der Waals surface area contributed by atoms with Crippen molar-refractivity contribution < 1.29 is 9.90 Å². The van der Waals surface area contributed by atoms with E-state index in [9.17, 15) is 4.79 Å². The number of carbonyl (C=O) groups is 1. The van der Waals surface area contributed by atoms with Crippen LogP contribution in [0.5, 0.6) is 0 Å². The SMILES string of the molecule is CC#C[C@@H](CC(=O)O)c1ccc(I)cc1. The van der Waals surface area contributed by atoms with Crippen molar-refractivity contribution in [2.75, 3.05) is 0 Å². The molecule has 1 atom stereocenters. The lowest BCUT2D eigenvalue weighted by Crippen LogP contribution is -2.04. The molecule has 0 fully saturated rings. The van der Waals surface area contributed by atoms with Crippen LogP contribution in [0.2, 0.25) is 0 Å². The Kier molecular flexibility index (Phi) is 4.63. The first kappa shape index (κ1) is 12.1. The molecule has 0 radical (unpaired) electrons. The molecule has 3 heteroatoms. The molecule has 1 N–H and O–H groups in total. The van der Waals surface area contributed by atoms with Crippen LogP contribution < -0.4 is 0 Å². The molecular formula is C12H11IO2. The van der Waals surface area contributed by atoms with Crippen molar-refractivity contribution in [3.63, 3.8) is 0 Å². The summed E-state index contributed by atoms with van der Waals surface area (Å²) in [4.78, 5) is 10.7. The van der Waals surface area contributed by atoms with E-state index in [0.717, 1.165) is 9.13 Å². The van der Waals surface area contributed by atoms with Gasteiger partial charge < -0.3 is 5.11 Å².